The van der Waals surface area contributed by atoms with Crippen molar-refractivity contribution >= 4 is 0 Å². The van der Waals surface area contributed by atoms with E-state index in [4.69, 9.17) is 0 Å². The van der Waals surface area contributed by atoms with Crippen LogP contribution in [0.4, 0.5) is 4.39 Å². The Hall–Kier alpha value is -0.0700. The summed E-state index contributed by atoms with van der Waals surface area (Å²) in [4.78, 5) is 0. The highest BCUT2D eigenvalue weighted by Crippen LogP contribution is 2.62. The fraction of sp³-hybridized carbons (Fsp3) is 1.00. The van der Waals surface area contributed by atoms with Gasteiger partial charge in [-0.1, -0.05) is 40.5 Å². The zero-order valence-corrected chi connectivity index (χ0v) is 11.3. The molecule has 0 nitrogen and oxygen atoms in total. The van der Waals surface area contributed by atoms with E-state index in [0.717, 1.165) is 18.8 Å². The van der Waals surface area contributed by atoms with Crippen molar-refractivity contribution < 1.29 is 4.39 Å². The van der Waals surface area contributed by atoms with E-state index in [1.807, 2.05) is 0 Å². The lowest BCUT2D eigenvalue weighted by Crippen LogP contribution is -2.56. The van der Waals surface area contributed by atoms with Gasteiger partial charge in [0.05, 0.1) is 0 Å². The van der Waals surface area contributed by atoms with Gasteiger partial charge in [0.25, 0.3) is 0 Å². The molecule has 3 saturated carbocycles. The molecule has 2 bridgehead atoms. The van der Waals surface area contributed by atoms with Gasteiger partial charge in [-0.25, -0.2) is 4.39 Å². The van der Waals surface area contributed by atoms with E-state index < -0.39 is 6.17 Å². The molecule has 3 aliphatic rings. The molecule has 0 N–H and O–H groups in total. The van der Waals surface area contributed by atoms with Crippen LogP contribution in [0.25, 0.3) is 0 Å². The molecule has 4 atom stereocenters. The van der Waals surface area contributed by atoms with Crippen LogP contribution in [0, 0.1) is 29.1 Å². The Morgan fingerprint density at radius 2 is 1.94 bits per heavy atom. The quantitative estimate of drug-likeness (QED) is 0.644. The second-order valence-electron chi connectivity index (χ2n) is 7.10. The average Bonchev–Trinajstić information content (AvgIpc) is 2.19. The van der Waals surface area contributed by atoms with Gasteiger partial charge in [-0.05, 0) is 48.3 Å². The Bertz CT molecular complexity index is 244. The molecule has 3 rings (SSSR count). The Kier molecular flexibility index (Phi) is 3.34. The minimum absolute atomic E-state index is 0.374. The third-order valence-corrected chi connectivity index (χ3v) is 5.36. The predicted molar refractivity (Wildman–Crippen MR) is 67.1 cm³/mol. The van der Waals surface area contributed by atoms with Gasteiger partial charge in [-0.3, -0.25) is 0 Å². The molecule has 0 radical (unpaired) electrons. The molecule has 0 amide bonds. The first kappa shape index (κ1) is 12.4. The van der Waals surface area contributed by atoms with Crippen molar-refractivity contribution in [2.75, 3.05) is 0 Å². The molecule has 94 valence electrons. The fourth-order valence-corrected chi connectivity index (χ4v) is 4.03. The fourth-order valence-electron chi connectivity index (χ4n) is 4.03. The second kappa shape index (κ2) is 4.31. The summed E-state index contributed by atoms with van der Waals surface area (Å²) in [5.41, 5.74) is 0.436. The first-order chi connectivity index (χ1) is 7.43. The molecule has 3 aliphatic carbocycles. The SMILES string of the molecule is CC(C)CCC[C@@H]1[C@@H](F)C[C@H]2C[C@@H]1C2(C)C. The van der Waals surface area contributed by atoms with Crippen LogP contribution in [0.1, 0.15) is 59.8 Å². The first-order valence-corrected chi connectivity index (χ1v) is 7.07. The van der Waals surface area contributed by atoms with E-state index >= 15 is 0 Å². The van der Waals surface area contributed by atoms with Crippen LogP contribution in [0.15, 0.2) is 0 Å². The minimum atomic E-state index is -0.496. The molecule has 0 saturated heterocycles. The Labute approximate surface area is 100 Å². The monoisotopic (exact) mass is 226 g/mol. The zero-order chi connectivity index (χ0) is 11.9. The molecule has 1 heteroatoms. The second-order valence-corrected chi connectivity index (χ2v) is 7.10. The van der Waals surface area contributed by atoms with Crippen molar-refractivity contribution in [3.63, 3.8) is 0 Å². The van der Waals surface area contributed by atoms with E-state index in [2.05, 4.69) is 27.7 Å². The highest BCUT2D eigenvalue weighted by molar-refractivity contribution is 5.06. The van der Waals surface area contributed by atoms with Gasteiger partial charge < -0.3 is 0 Å². The van der Waals surface area contributed by atoms with Gasteiger partial charge in [0, 0.05) is 0 Å². The summed E-state index contributed by atoms with van der Waals surface area (Å²) >= 11 is 0. The van der Waals surface area contributed by atoms with Crippen LogP contribution >= 0.6 is 0 Å². The summed E-state index contributed by atoms with van der Waals surface area (Å²) in [6.45, 7) is 9.23. The van der Waals surface area contributed by atoms with E-state index in [1.165, 1.54) is 19.3 Å². The number of hydrogen-bond donors (Lipinski definition) is 0. The van der Waals surface area contributed by atoms with Crippen LogP contribution < -0.4 is 0 Å². The summed E-state index contributed by atoms with van der Waals surface area (Å²) in [6.07, 6.45) is 5.26. The molecule has 3 fully saturated rings. The lowest BCUT2D eigenvalue weighted by molar-refractivity contribution is -0.142. The van der Waals surface area contributed by atoms with Gasteiger partial charge in [-0.15, -0.1) is 0 Å². The maximum atomic E-state index is 14.0. The van der Waals surface area contributed by atoms with Crippen molar-refractivity contribution in [1.82, 2.24) is 0 Å². The van der Waals surface area contributed by atoms with Crippen LogP contribution in [0.5, 0.6) is 0 Å². The van der Waals surface area contributed by atoms with Crippen molar-refractivity contribution in [2.24, 2.45) is 29.1 Å². The first-order valence-electron chi connectivity index (χ1n) is 7.07. The van der Waals surface area contributed by atoms with E-state index in [-0.39, 0.29) is 0 Å². The number of rotatable bonds is 4. The smallest absolute Gasteiger partial charge is 0.103 e. The van der Waals surface area contributed by atoms with E-state index in [1.54, 1.807) is 0 Å². The standard InChI is InChI=1S/C15H27F/c1-10(2)6-5-7-12-13-8-11(9-14(12)16)15(13,3)4/h10-14H,5-9H2,1-4H3/t11-,12+,13+,14+/m1/s1. The van der Waals surface area contributed by atoms with Gasteiger partial charge in [0.15, 0.2) is 0 Å². The third kappa shape index (κ3) is 2.02. The van der Waals surface area contributed by atoms with Crippen LogP contribution in [0.2, 0.25) is 0 Å². The number of halogens is 1. The largest absolute Gasteiger partial charge is 0.247 e. The molecule has 0 aromatic rings. The molecular formula is C15H27F. The lowest BCUT2D eigenvalue weighted by Gasteiger charge is -2.61. The Morgan fingerprint density at radius 3 is 2.50 bits per heavy atom. The Morgan fingerprint density at radius 1 is 1.25 bits per heavy atom. The third-order valence-electron chi connectivity index (χ3n) is 5.36. The molecule has 0 unspecified atom stereocenters. The normalized spacial score (nSPS) is 40.9. The van der Waals surface area contributed by atoms with Gasteiger partial charge in [0.2, 0.25) is 0 Å². The van der Waals surface area contributed by atoms with Gasteiger partial charge in [-0.2, -0.15) is 0 Å². The lowest BCUT2D eigenvalue weighted by atomic mass is 9.44. The summed E-state index contributed by atoms with van der Waals surface area (Å²) < 4.78 is 14.0. The molecule has 0 aromatic carbocycles. The molecule has 0 aromatic heterocycles. The summed E-state index contributed by atoms with van der Waals surface area (Å²) in [7, 11) is 0. The zero-order valence-electron chi connectivity index (χ0n) is 11.3. The highest BCUT2D eigenvalue weighted by atomic mass is 19.1. The average molecular weight is 226 g/mol. The topological polar surface area (TPSA) is 0 Å². The molecular weight excluding hydrogens is 199 g/mol. The highest BCUT2D eigenvalue weighted by Gasteiger charge is 2.57. The molecule has 0 aliphatic heterocycles. The summed E-state index contributed by atoms with van der Waals surface area (Å²) in [5, 5.41) is 0. The van der Waals surface area contributed by atoms with Crippen LogP contribution in [-0.2, 0) is 0 Å². The predicted octanol–water partition coefficient (Wildman–Crippen LogP) is 4.83. The maximum absolute atomic E-state index is 14.0. The van der Waals surface area contributed by atoms with Gasteiger partial charge >= 0.3 is 0 Å². The maximum Gasteiger partial charge on any atom is 0.103 e. The van der Waals surface area contributed by atoms with Crippen molar-refractivity contribution in [2.45, 2.75) is 66.0 Å². The van der Waals surface area contributed by atoms with Crippen molar-refractivity contribution in [1.29, 1.82) is 0 Å². The van der Waals surface area contributed by atoms with E-state index in [0.29, 0.717) is 23.2 Å². The van der Waals surface area contributed by atoms with Crippen LogP contribution in [0.3, 0.4) is 0 Å². The minimum Gasteiger partial charge on any atom is -0.247 e. The molecule has 0 spiro atoms. The van der Waals surface area contributed by atoms with Crippen LogP contribution in [-0.4, -0.2) is 6.17 Å². The summed E-state index contributed by atoms with van der Waals surface area (Å²) in [6, 6.07) is 0. The molecule has 0 heterocycles. The Balaban J connectivity index is 1.87. The van der Waals surface area contributed by atoms with Crippen molar-refractivity contribution in [3.8, 4) is 0 Å². The van der Waals surface area contributed by atoms with E-state index in [9.17, 15) is 4.39 Å². The number of hydrogen-bond acceptors (Lipinski definition) is 0. The van der Waals surface area contributed by atoms with Gasteiger partial charge in [0.1, 0.15) is 6.17 Å². The van der Waals surface area contributed by atoms with Crippen molar-refractivity contribution in [3.05, 3.63) is 0 Å². The number of fused-ring (bicyclic) bond motifs is 2. The number of alkyl halides is 1. The summed E-state index contributed by atoms with van der Waals surface area (Å²) in [5.74, 6) is 2.49. The molecule has 16 heavy (non-hydrogen) atoms.